The molecule has 2 heterocycles. The number of hydrogen-bond acceptors (Lipinski definition) is 8. The molecule has 0 unspecified atom stereocenters. The Bertz CT molecular complexity index is 1550. The summed E-state index contributed by atoms with van der Waals surface area (Å²) in [6.07, 6.45) is 10.1. The number of carbonyl (C=O) groups is 2. The monoisotopic (exact) mass is 650 g/mol. The number of benzene rings is 2. The van der Waals surface area contributed by atoms with Crippen molar-refractivity contribution in [3.63, 3.8) is 0 Å². The molecule has 0 saturated heterocycles. The lowest BCUT2D eigenvalue weighted by Gasteiger charge is -2.03. The van der Waals surface area contributed by atoms with Gasteiger partial charge in [-0.15, -0.1) is 11.5 Å². The van der Waals surface area contributed by atoms with Crippen LogP contribution in [0.25, 0.3) is 29.0 Å². The fourth-order valence-electron chi connectivity index (χ4n) is 2.76. The van der Waals surface area contributed by atoms with Crippen LogP contribution in [-0.4, -0.2) is 54.1 Å². The molecule has 0 aliphatic heterocycles. The Labute approximate surface area is 263 Å². The second-order valence-corrected chi connectivity index (χ2v) is 10.2. The molecule has 2 aromatic carbocycles. The first-order valence-corrected chi connectivity index (χ1v) is 13.6. The molecule has 0 aliphatic carbocycles. The van der Waals surface area contributed by atoms with Crippen LogP contribution in [0, 0.1) is 12.3 Å². The zero-order chi connectivity index (χ0) is 31.2. The van der Waals surface area contributed by atoms with E-state index in [0.29, 0.717) is 31.7 Å². The summed E-state index contributed by atoms with van der Waals surface area (Å²) in [7, 11) is 0. The van der Waals surface area contributed by atoms with Gasteiger partial charge in [0.15, 0.2) is 11.6 Å². The van der Waals surface area contributed by atoms with Crippen LogP contribution >= 0.6 is 46.4 Å². The van der Waals surface area contributed by atoms with Gasteiger partial charge < -0.3 is 9.47 Å². The van der Waals surface area contributed by atoms with Crippen LogP contribution in [0.1, 0.15) is 27.7 Å². The molecule has 0 spiro atoms. The normalized spacial score (nSPS) is 10.4. The largest absolute Gasteiger partial charge is 0.460 e. The number of ether oxygens (including phenoxy) is 2. The molecular weight excluding hydrogens is 626 g/mol. The molecule has 14 heteroatoms. The zero-order valence-corrected chi connectivity index (χ0v) is 25.9. The van der Waals surface area contributed by atoms with Crippen molar-refractivity contribution in [2.45, 2.75) is 39.9 Å². The van der Waals surface area contributed by atoms with Gasteiger partial charge in [0.2, 0.25) is 0 Å². The average Bonchev–Trinajstić information content (AvgIpc) is 3.64. The maximum absolute atomic E-state index is 11.4. The van der Waals surface area contributed by atoms with Gasteiger partial charge in [-0.3, -0.25) is 5.10 Å². The molecule has 220 valence electrons. The van der Waals surface area contributed by atoms with Gasteiger partial charge in [-0.1, -0.05) is 46.4 Å². The molecule has 10 nitrogen and oxygen atoms in total. The summed E-state index contributed by atoms with van der Waals surface area (Å²) in [5.74, 6) is 1.97. The highest BCUT2D eigenvalue weighted by Crippen LogP contribution is 2.27. The first kappa shape index (κ1) is 34.3. The Morgan fingerprint density at radius 3 is 2.00 bits per heavy atom. The Balaban J connectivity index is 0.000000249. The van der Waals surface area contributed by atoms with E-state index < -0.39 is 11.9 Å². The number of hydrogen-bond donors (Lipinski definition) is 1. The zero-order valence-electron chi connectivity index (χ0n) is 22.9. The van der Waals surface area contributed by atoms with E-state index in [9.17, 15) is 9.59 Å². The fraction of sp³-hybridized carbons (Fsp3) is 0.214. The number of nitrogens with one attached hydrogen (secondary N) is 1. The van der Waals surface area contributed by atoms with E-state index in [1.807, 2.05) is 12.0 Å². The van der Waals surface area contributed by atoms with Crippen molar-refractivity contribution in [3.8, 4) is 35.1 Å². The lowest BCUT2D eigenvalue weighted by Crippen LogP contribution is -2.08. The van der Waals surface area contributed by atoms with Crippen LogP contribution in [0.5, 0.6) is 0 Å². The number of terminal acetylenes is 1. The molecule has 0 saturated carbocycles. The first-order chi connectivity index (χ1) is 19.9. The minimum atomic E-state index is -0.597. The molecule has 2 aromatic heterocycles. The van der Waals surface area contributed by atoms with Gasteiger partial charge in [0.05, 0.1) is 32.3 Å². The van der Waals surface area contributed by atoms with E-state index in [-0.39, 0.29) is 12.2 Å². The summed E-state index contributed by atoms with van der Waals surface area (Å²) < 4.78 is 10.9. The van der Waals surface area contributed by atoms with E-state index in [2.05, 4.69) is 30.0 Å². The van der Waals surface area contributed by atoms with Crippen molar-refractivity contribution in [1.82, 2.24) is 29.9 Å². The van der Waals surface area contributed by atoms with Gasteiger partial charge in [-0.2, -0.15) is 5.10 Å². The number of esters is 2. The highest BCUT2D eigenvalue weighted by atomic mass is 35.5. The molecular formula is C28H26Cl4N6O4. The van der Waals surface area contributed by atoms with Crippen molar-refractivity contribution in [2.24, 2.45) is 0 Å². The van der Waals surface area contributed by atoms with Crippen molar-refractivity contribution < 1.29 is 19.1 Å². The maximum atomic E-state index is 11.4. The molecule has 42 heavy (non-hydrogen) atoms. The van der Waals surface area contributed by atoms with Crippen LogP contribution in [0.2, 0.25) is 20.1 Å². The highest BCUT2D eigenvalue weighted by molar-refractivity contribution is 6.42. The number of aromatic nitrogens is 6. The predicted molar refractivity (Wildman–Crippen MR) is 164 cm³/mol. The SMILES string of the molecule is C#CC(=O)OC(C)C.CC(C)OC(=O)/C=C\n1cnc(-c2ccc(Cl)c(Cl)c2)n1.Clc1ccc(-c2ncn[nH]2)cc1Cl. The molecule has 0 aliphatic rings. The van der Waals surface area contributed by atoms with Crippen LogP contribution < -0.4 is 0 Å². The molecule has 0 atom stereocenters. The van der Waals surface area contributed by atoms with E-state index in [4.69, 9.17) is 57.6 Å². The lowest BCUT2D eigenvalue weighted by atomic mass is 10.2. The van der Waals surface area contributed by atoms with Crippen LogP contribution in [0.4, 0.5) is 0 Å². The van der Waals surface area contributed by atoms with Gasteiger partial charge in [0.1, 0.15) is 12.7 Å². The third kappa shape index (κ3) is 11.9. The summed E-state index contributed by atoms with van der Waals surface area (Å²) in [6.45, 7) is 7.05. The minimum Gasteiger partial charge on any atom is -0.460 e. The summed E-state index contributed by atoms with van der Waals surface area (Å²) in [5.41, 5.74) is 1.60. The summed E-state index contributed by atoms with van der Waals surface area (Å²) in [5, 5.41) is 12.6. The Hall–Kier alpha value is -3.88. The molecule has 0 radical (unpaired) electrons. The molecule has 4 aromatic rings. The number of halogens is 4. The Morgan fingerprint density at radius 2 is 1.50 bits per heavy atom. The van der Waals surface area contributed by atoms with Crippen molar-refractivity contribution in [3.05, 3.63) is 75.2 Å². The van der Waals surface area contributed by atoms with Gasteiger partial charge >= 0.3 is 11.9 Å². The molecule has 1 N–H and O–H groups in total. The van der Waals surface area contributed by atoms with Crippen LogP contribution in [0.3, 0.4) is 0 Å². The second kappa shape index (κ2) is 17.2. The smallest absolute Gasteiger partial charge is 0.384 e. The summed E-state index contributed by atoms with van der Waals surface area (Å²) >= 11 is 23.4. The lowest BCUT2D eigenvalue weighted by molar-refractivity contribution is -0.141. The summed E-state index contributed by atoms with van der Waals surface area (Å²) in [6, 6.07) is 10.4. The number of H-pyrrole nitrogens is 1. The van der Waals surface area contributed by atoms with Gasteiger partial charge in [0, 0.05) is 29.3 Å². The topological polar surface area (TPSA) is 125 Å². The van der Waals surface area contributed by atoms with Crippen molar-refractivity contribution in [1.29, 1.82) is 0 Å². The van der Waals surface area contributed by atoms with Crippen molar-refractivity contribution in [2.75, 3.05) is 0 Å². The molecule has 4 rings (SSSR count). The third-order valence-corrected chi connectivity index (χ3v) is 5.95. The van der Waals surface area contributed by atoms with Crippen LogP contribution in [0.15, 0.2) is 55.1 Å². The average molecular weight is 652 g/mol. The molecule has 0 amide bonds. The maximum Gasteiger partial charge on any atom is 0.384 e. The van der Waals surface area contributed by atoms with Crippen LogP contribution in [-0.2, 0) is 19.1 Å². The van der Waals surface area contributed by atoms with E-state index in [1.165, 1.54) is 29.6 Å². The third-order valence-electron chi connectivity index (χ3n) is 4.47. The van der Waals surface area contributed by atoms with E-state index >= 15 is 0 Å². The summed E-state index contributed by atoms with van der Waals surface area (Å²) in [4.78, 5) is 29.7. The number of carbonyl (C=O) groups excluding carboxylic acids is 2. The first-order valence-electron chi connectivity index (χ1n) is 12.1. The predicted octanol–water partition coefficient (Wildman–Crippen LogP) is 7.02. The minimum absolute atomic E-state index is 0.112. The Kier molecular flexibility index (Phi) is 14.0. The van der Waals surface area contributed by atoms with Gasteiger partial charge in [-0.05, 0) is 64.1 Å². The molecule has 0 bridgehead atoms. The van der Waals surface area contributed by atoms with Crippen molar-refractivity contribution >= 4 is 64.5 Å². The van der Waals surface area contributed by atoms with Gasteiger partial charge in [0.25, 0.3) is 0 Å². The number of aromatic amines is 1. The Morgan fingerprint density at radius 1 is 0.905 bits per heavy atom. The quantitative estimate of drug-likeness (QED) is 0.102. The highest BCUT2D eigenvalue weighted by Gasteiger charge is 2.07. The van der Waals surface area contributed by atoms with Gasteiger partial charge in [-0.25, -0.2) is 24.2 Å². The number of nitrogens with zero attached hydrogens (tertiary/aromatic N) is 5. The van der Waals surface area contributed by atoms with E-state index in [1.54, 1.807) is 58.0 Å². The standard InChI is InChI=1S/C14H13Cl2N3O2.C8H5Cl2N3.C6H8O2/c1-9(2)21-13(20)5-6-19-8-17-14(18-19)10-3-4-11(15)12(16)7-10;9-6-2-1-5(3-7(6)10)8-11-4-12-13-8;1-4-6(7)8-5(2)3/h3-9H,1-2H3;1-4H,(H,11,12,13);1,5H,2-3H3/b6-5-;;. The fourth-order valence-corrected chi connectivity index (χ4v) is 3.36. The molecule has 0 fully saturated rings. The second-order valence-electron chi connectivity index (χ2n) is 8.54. The number of rotatable bonds is 6. The van der Waals surface area contributed by atoms with E-state index in [0.717, 1.165) is 11.1 Å².